The molecule has 0 fully saturated rings. The average Bonchev–Trinajstić information content (AvgIpc) is 2.30. The Morgan fingerprint density at radius 2 is 2.25 bits per heavy atom. The van der Waals surface area contributed by atoms with Crippen molar-refractivity contribution in [2.45, 2.75) is 26.3 Å². The minimum Gasteiger partial charge on any atom is -0.325 e. The van der Waals surface area contributed by atoms with Crippen LogP contribution in [0.5, 0.6) is 0 Å². The lowest BCUT2D eigenvalue weighted by molar-refractivity contribution is 0.713. The molecule has 0 aliphatic rings. The summed E-state index contributed by atoms with van der Waals surface area (Å²) in [5.74, 6) is 0.461. The SMILES string of the molecule is CCC(C)N=C(NC#N)Nc1ccncc1. The number of hydrogen-bond donors (Lipinski definition) is 2. The molecule has 1 aromatic heterocycles. The molecule has 16 heavy (non-hydrogen) atoms. The van der Waals surface area contributed by atoms with Gasteiger partial charge in [-0.25, -0.2) is 4.99 Å². The second-order valence-corrected chi connectivity index (χ2v) is 3.33. The maximum absolute atomic E-state index is 8.61. The van der Waals surface area contributed by atoms with Gasteiger partial charge in [0.1, 0.15) is 0 Å². The highest BCUT2D eigenvalue weighted by atomic mass is 15.2. The molecule has 84 valence electrons. The van der Waals surface area contributed by atoms with Gasteiger partial charge in [0.2, 0.25) is 5.96 Å². The summed E-state index contributed by atoms with van der Waals surface area (Å²) in [5, 5.41) is 14.1. The van der Waals surface area contributed by atoms with Crippen molar-refractivity contribution in [1.82, 2.24) is 10.3 Å². The van der Waals surface area contributed by atoms with Gasteiger partial charge >= 0.3 is 0 Å². The predicted molar refractivity (Wildman–Crippen MR) is 63.8 cm³/mol. The lowest BCUT2D eigenvalue weighted by Gasteiger charge is -2.09. The van der Waals surface area contributed by atoms with E-state index in [2.05, 4.69) is 20.6 Å². The van der Waals surface area contributed by atoms with Crippen molar-refractivity contribution in [3.8, 4) is 6.19 Å². The first-order chi connectivity index (χ1) is 7.76. The summed E-state index contributed by atoms with van der Waals surface area (Å²) < 4.78 is 0. The van der Waals surface area contributed by atoms with E-state index < -0.39 is 0 Å². The summed E-state index contributed by atoms with van der Waals surface area (Å²) in [5.41, 5.74) is 0.847. The first-order valence-corrected chi connectivity index (χ1v) is 5.16. The van der Waals surface area contributed by atoms with Gasteiger partial charge in [-0.3, -0.25) is 10.3 Å². The topological polar surface area (TPSA) is 73.1 Å². The van der Waals surface area contributed by atoms with Gasteiger partial charge in [-0.1, -0.05) is 6.92 Å². The van der Waals surface area contributed by atoms with Gasteiger partial charge in [0.25, 0.3) is 0 Å². The molecular weight excluding hydrogens is 202 g/mol. The third kappa shape index (κ3) is 3.96. The summed E-state index contributed by atoms with van der Waals surface area (Å²) in [6.45, 7) is 4.04. The summed E-state index contributed by atoms with van der Waals surface area (Å²) >= 11 is 0. The van der Waals surface area contributed by atoms with E-state index in [0.29, 0.717) is 5.96 Å². The fourth-order valence-electron chi connectivity index (χ4n) is 1.03. The van der Waals surface area contributed by atoms with Crippen molar-refractivity contribution in [2.24, 2.45) is 4.99 Å². The van der Waals surface area contributed by atoms with Crippen LogP contribution in [0.15, 0.2) is 29.5 Å². The monoisotopic (exact) mass is 217 g/mol. The maximum atomic E-state index is 8.61. The van der Waals surface area contributed by atoms with Gasteiger partial charge in [0, 0.05) is 18.1 Å². The number of hydrogen-bond acceptors (Lipinski definition) is 3. The summed E-state index contributed by atoms with van der Waals surface area (Å²) in [6.07, 6.45) is 6.14. The van der Waals surface area contributed by atoms with E-state index >= 15 is 0 Å². The highest BCUT2D eigenvalue weighted by Gasteiger charge is 2.01. The van der Waals surface area contributed by atoms with Crippen LogP contribution < -0.4 is 10.6 Å². The molecule has 0 spiro atoms. The van der Waals surface area contributed by atoms with E-state index in [1.807, 2.05) is 32.2 Å². The summed E-state index contributed by atoms with van der Waals surface area (Å²) in [4.78, 5) is 8.24. The quantitative estimate of drug-likeness (QED) is 0.350. The molecule has 0 saturated carbocycles. The first kappa shape index (κ1) is 12.0. The number of anilines is 1. The van der Waals surface area contributed by atoms with Crippen molar-refractivity contribution in [1.29, 1.82) is 5.26 Å². The second-order valence-electron chi connectivity index (χ2n) is 3.33. The van der Waals surface area contributed by atoms with Crippen LogP contribution >= 0.6 is 0 Å². The standard InChI is InChI=1S/C11H15N5/c1-3-9(2)15-11(14-8-12)16-10-4-6-13-7-5-10/h4-7,9H,3H2,1-2H3,(H2,13,14,15,16). The second kappa shape index (κ2) is 6.40. The van der Waals surface area contributed by atoms with Crippen LogP contribution in [0.25, 0.3) is 0 Å². The van der Waals surface area contributed by atoms with Crippen molar-refractivity contribution >= 4 is 11.6 Å². The maximum Gasteiger partial charge on any atom is 0.209 e. The number of nitrogens with zero attached hydrogens (tertiary/aromatic N) is 3. The number of nitriles is 1. The molecule has 0 saturated heterocycles. The van der Waals surface area contributed by atoms with Crippen LogP contribution in [0, 0.1) is 11.5 Å². The Kier molecular flexibility index (Phi) is 4.80. The largest absolute Gasteiger partial charge is 0.325 e. The van der Waals surface area contributed by atoms with Crippen LogP contribution in [-0.4, -0.2) is 17.0 Å². The molecule has 0 amide bonds. The molecule has 0 bridgehead atoms. The van der Waals surface area contributed by atoms with Crippen LogP contribution in [0.4, 0.5) is 5.69 Å². The van der Waals surface area contributed by atoms with Gasteiger partial charge < -0.3 is 5.32 Å². The number of nitrogens with one attached hydrogen (secondary N) is 2. The van der Waals surface area contributed by atoms with E-state index in [4.69, 9.17) is 5.26 Å². The predicted octanol–water partition coefficient (Wildman–Crippen LogP) is 1.72. The van der Waals surface area contributed by atoms with E-state index in [9.17, 15) is 0 Å². The molecule has 1 heterocycles. The average molecular weight is 217 g/mol. The zero-order valence-corrected chi connectivity index (χ0v) is 9.44. The van der Waals surface area contributed by atoms with E-state index in [-0.39, 0.29) is 6.04 Å². The Morgan fingerprint density at radius 3 is 2.81 bits per heavy atom. The Labute approximate surface area is 95.2 Å². The molecule has 0 aromatic carbocycles. The van der Waals surface area contributed by atoms with Gasteiger partial charge in [0.15, 0.2) is 6.19 Å². The Hall–Kier alpha value is -2.09. The van der Waals surface area contributed by atoms with Crippen molar-refractivity contribution < 1.29 is 0 Å². The Morgan fingerprint density at radius 1 is 1.56 bits per heavy atom. The molecule has 5 nitrogen and oxygen atoms in total. The van der Waals surface area contributed by atoms with Gasteiger partial charge in [-0.15, -0.1) is 0 Å². The normalized spacial score (nSPS) is 12.7. The lowest BCUT2D eigenvalue weighted by atomic mass is 10.3. The molecule has 1 aromatic rings. The summed E-state index contributed by atoms with van der Waals surface area (Å²) in [6, 6.07) is 3.79. The zero-order chi connectivity index (χ0) is 11.8. The number of rotatable bonds is 3. The van der Waals surface area contributed by atoms with Crippen molar-refractivity contribution in [3.05, 3.63) is 24.5 Å². The zero-order valence-electron chi connectivity index (χ0n) is 9.44. The molecule has 5 heteroatoms. The molecule has 0 radical (unpaired) electrons. The van der Waals surface area contributed by atoms with Crippen LogP contribution in [0.2, 0.25) is 0 Å². The van der Waals surface area contributed by atoms with Gasteiger partial charge in [0.05, 0.1) is 6.04 Å². The van der Waals surface area contributed by atoms with Crippen molar-refractivity contribution in [3.63, 3.8) is 0 Å². The minimum atomic E-state index is 0.171. The molecule has 0 aliphatic heterocycles. The van der Waals surface area contributed by atoms with Crippen molar-refractivity contribution in [2.75, 3.05) is 5.32 Å². The molecular formula is C11H15N5. The Bertz CT molecular complexity index is 379. The lowest BCUT2D eigenvalue weighted by Crippen LogP contribution is -2.28. The smallest absolute Gasteiger partial charge is 0.209 e. The minimum absolute atomic E-state index is 0.171. The molecule has 1 unspecified atom stereocenters. The highest BCUT2D eigenvalue weighted by molar-refractivity contribution is 5.94. The van der Waals surface area contributed by atoms with Crippen LogP contribution in [0.3, 0.4) is 0 Å². The fourth-order valence-corrected chi connectivity index (χ4v) is 1.03. The first-order valence-electron chi connectivity index (χ1n) is 5.16. The van der Waals surface area contributed by atoms with E-state index in [0.717, 1.165) is 12.1 Å². The molecule has 1 atom stereocenters. The summed E-state index contributed by atoms with van der Waals surface area (Å²) in [7, 11) is 0. The van der Waals surface area contributed by atoms with E-state index in [1.165, 1.54) is 0 Å². The highest BCUT2D eigenvalue weighted by Crippen LogP contribution is 2.03. The molecule has 0 aliphatic carbocycles. The number of pyridine rings is 1. The molecule has 1 rings (SSSR count). The third-order valence-corrected chi connectivity index (χ3v) is 2.06. The van der Waals surface area contributed by atoms with E-state index in [1.54, 1.807) is 12.4 Å². The van der Waals surface area contributed by atoms with Crippen LogP contribution in [0.1, 0.15) is 20.3 Å². The third-order valence-electron chi connectivity index (χ3n) is 2.06. The fraction of sp³-hybridized carbons (Fsp3) is 0.364. The number of guanidine groups is 1. The Balaban J connectivity index is 2.73. The number of aliphatic imine (C=N–C) groups is 1. The number of aromatic nitrogens is 1. The van der Waals surface area contributed by atoms with Gasteiger partial charge in [-0.05, 0) is 25.5 Å². The molecule has 2 N–H and O–H groups in total. The van der Waals surface area contributed by atoms with Crippen LogP contribution in [-0.2, 0) is 0 Å². The van der Waals surface area contributed by atoms with Gasteiger partial charge in [-0.2, -0.15) is 5.26 Å².